The van der Waals surface area contributed by atoms with Crippen LogP contribution in [0.3, 0.4) is 0 Å². The van der Waals surface area contributed by atoms with Crippen molar-refractivity contribution < 1.29 is 4.39 Å². The third-order valence-electron chi connectivity index (χ3n) is 3.09. The summed E-state index contributed by atoms with van der Waals surface area (Å²) in [6, 6.07) is 5.34. The molecule has 0 bridgehead atoms. The number of fused-ring (bicyclic) bond motifs is 1. The first-order valence-corrected chi connectivity index (χ1v) is 5.38. The lowest BCUT2D eigenvalue weighted by atomic mass is 9.97. The molecule has 0 radical (unpaired) electrons. The highest BCUT2D eigenvalue weighted by atomic mass is 19.1. The van der Waals surface area contributed by atoms with Gasteiger partial charge in [-0.1, -0.05) is 6.07 Å². The van der Waals surface area contributed by atoms with Crippen molar-refractivity contribution in [2.24, 2.45) is 0 Å². The molecule has 3 heteroatoms. The van der Waals surface area contributed by atoms with Crippen LogP contribution < -0.4 is 10.2 Å². The molecule has 0 aliphatic carbocycles. The molecule has 1 N–H and O–H groups in total. The quantitative estimate of drug-likeness (QED) is 0.817. The van der Waals surface area contributed by atoms with Crippen LogP contribution in [0.25, 0.3) is 0 Å². The lowest BCUT2D eigenvalue weighted by Gasteiger charge is -2.12. The van der Waals surface area contributed by atoms with E-state index in [1.807, 2.05) is 20.2 Å². The molecule has 0 amide bonds. The molecule has 0 fully saturated rings. The Kier molecular flexibility index (Phi) is 2.91. The number of hydrogen-bond donors (Lipinski definition) is 1. The van der Waals surface area contributed by atoms with Crippen LogP contribution in [-0.2, 0) is 0 Å². The van der Waals surface area contributed by atoms with Crippen molar-refractivity contribution in [2.75, 3.05) is 32.1 Å². The normalized spacial score (nSPS) is 19.4. The zero-order chi connectivity index (χ0) is 10.8. The van der Waals surface area contributed by atoms with E-state index in [-0.39, 0.29) is 5.82 Å². The van der Waals surface area contributed by atoms with E-state index in [1.54, 1.807) is 12.1 Å². The van der Waals surface area contributed by atoms with Gasteiger partial charge in [0.25, 0.3) is 0 Å². The largest absolute Gasteiger partial charge is 0.374 e. The Bertz CT molecular complexity index is 351. The van der Waals surface area contributed by atoms with Gasteiger partial charge in [-0.2, -0.15) is 0 Å². The van der Waals surface area contributed by atoms with Crippen molar-refractivity contribution in [1.29, 1.82) is 0 Å². The Morgan fingerprint density at radius 2 is 2.33 bits per heavy atom. The number of anilines is 1. The van der Waals surface area contributed by atoms with Gasteiger partial charge in [0.15, 0.2) is 0 Å². The second-order valence-electron chi connectivity index (χ2n) is 4.14. The molecular formula is C12H17FN2. The molecule has 0 saturated heterocycles. The third kappa shape index (κ3) is 1.84. The van der Waals surface area contributed by atoms with Crippen molar-refractivity contribution in [3.05, 3.63) is 29.6 Å². The van der Waals surface area contributed by atoms with E-state index >= 15 is 0 Å². The van der Waals surface area contributed by atoms with Gasteiger partial charge in [0.1, 0.15) is 5.82 Å². The van der Waals surface area contributed by atoms with Gasteiger partial charge < -0.3 is 10.2 Å². The molecule has 82 valence electrons. The van der Waals surface area contributed by atoms with Crippen molar-refractivity contribution in [1.82, 2.24) is 5.32 Å². The summed E-state index contributed by atoms with van der Waals surface area (Å²) >= 11 is 0. The smallest absolute Gasteiger partial charge is 0.128 e. The van der Waals surface area contributed by atoms with E-state index < -0.39 is 0 Å². The zero-order valence-electron chi connectivity index (χ0n) is 9.26. The maximum absolute atomic E-state index is 13.7. The molecule has 2 nitrogen and oxygen atoms in total. The topological polar surface area (TPSA) is 15.3 Å². The highest BCUT2D eigenvalue weighted by Crippen LogP contribution is 2.38. The molecule has 0 spiro atoms. The van der Waals surface area contributed by atoms with E-state index in [0.717, 1.165) is 30.8 Å². The summed E-state index contributed by atoms with van der Waals surface area (Å²) in [7, 11) is 3.96. The summed E-state index contributed by atoms with van der Waals surface area (Å²) in [5, 5.41) is 3.12. The van der Waals surface area contributed by atoms with Crippen LogP contribution in [0.1, 0.15) is 17.9 Å². The van der Waals surface area contributed by atoms with E-state index in [1.165, 1.54) is 0 Å². The Hall–Kier alpha value is -1.09. The van der Waals surface area contributed by atoms with Crippen molar-refractivity contribution >= 4 is 5.69 Å². The minimum Gasteiger partial charge on any atom is -0.374 e. The van der Waals surface area contributed by atoms with Crippen molar-refractivity contribution in [3.8, 4) is 0 Å². The van der Waals surface area contributed by atoms with Crippen LogP contribution in [-0.4, -0.2) is 27.2 Å². The first-order valence-electron chi connectivity index (χ1n) is 5.38. The van der Waals surface area contributed by atoms with Crippen LogP contribution in [0.4, 0.5) is 10.1 Å². The molecule has 1 atom stereocenters. The van der Waals surface area contributed by atoms with Gasteiger partial charge in [0.2, 0.25) is 0 Å². The molecule has 15 heavy (non-hydrogen) atoms. The Balaban J connectivity index is 2.27. The fraction of sp³-hybridized carbons (Fsp3) is 0.500. The molecular weight excluding hydrogens is 191 g/mol. The summed E-state index contributed by atoms with van der Waals surface area (Å²) < 4.78 is 13.7. The maximum atomic E-state index is 13.7. The van der Waals surface area contributed by atoms with Gasteiger partial charge in [-0.05, 0) is 32.1 Å². The highest BCUT2D eigenvalue weighted by molar-refractivity contribution is 5.60. The number of hydrogen-bond acceptors (Lipinski definition) is 2. The Morgan fingerprint density at radius 3 is 3.07 bits per heavy atom. The van der Waals surface area contributed by atoms with E-state index in [2.05, 4.69) is 10.2 Å². The number of rotatable bonds is 3. The minimum absolute atomic E-state index is 0.0575. The van der Waals surface area contributed by atoms with Gasteiger partial charge >= 0.3 is 0 Å². The van der Waals surface area contributed by atoms with Crippen LogP contribution >= 0.6 is 0 Å². The zero-order valence-corrected chi connectivity index (χ0v) is 9.26. The van der Waals surface area contributed by atoms with Gasteiger partial charge in [-0.25, -0.2) is 4.39 Å². The van der Waals surface area contributed by atoms with Crippen molar-refractivity contribution in [2.45, 2.75) is 12.3 Å². The lowest BCUT2D eigenvalue weighted by Crippen LogP contribution is -2.18. The minimum atomic E-state index is -0.0575. The monoisotopic (exact) mass is 208 g/mol. The van der Waals surface area contributed by atoms with Crippen LogP contribution in [0.2, 0.25) is 0 Å². The summed E-state index contributed by atoms with van der Waals surface area (Å²) in [4.78, 5) is 2.14. The predicted octanol–water partition coefficient (Wildman–Crippen LogP) is 1.97. The summed E-state index contributed by atoms with van der Waals surface area (Å²) in [5.74, 6) is 0.275. The average molecular weight is 208 g/mol. The predicted molar refractivity (Wildman–Crippen MR) is 61.0 cm³/mol. The molecule has 1 aromatic carbocycles. The Labute approximate surface area is 90.1 Å². The summed E-state index contributed by atoms with van der Waals surface area (Å²) in [6.07, 6.45) is 0.995. The second-order valence-corrected chi connectivity index (χ2v) is 4.14. The molecule has 1 aliphatic rings. The summed E-state index contributed by atoms with van der Waals surface area (Å²) in [6.45, 7) is 1.87. The SMILES string of the molecule is CNCCC1CN(C)c2cccc(F)c21. The molecule has 0 saturated carbocycles. The van der Waals surface area contributed by atoms with E-state index in [0.29, 0.717) is 5.92 Å². The maximum Gasteiger partial charge on any atom is 0.128 e. The first kappa shape index (κ1) is 10.4. The highest BCUT2D eigenvalue weighted by Gasteiger charge is 2.28. The molecule has 2 rings (SSSR count). The molecule has 0 aromatic heterocycles. The van der Waals surface area contributed by atoms with Crippen LogP contribution in [0.5, 0.6) is 0 Å². The van der Waals surface area contributed by atoms with E-state index in [4.69, 9.17) is 0 Å². The van der Waals surface area contributed by atoms with Gasteiger partial charge in [0.05, 0.1) is 0 Å². The fourth-order valence-corrected chi connectivity index (χ4v) is 2.34. The van der Waals surface area contributed by atoms with Gasteiger partial charge in [-0.3, -0.25) is 0 Å². The lowest BCUT2D eigenvalue weighted by molar-refractivity contribution is 0.565. The van der Waals surface area contributed by atoms with E-state index in [9.17, 15) is 4.39 Å². The molecule has 1 heterocycles. The third-order valence-corrected chi connectivity index (χ3v) is 3.09. The van der Waals surface area contributed by atoms with Crippen molar-refractivity contribution in [3.63, 3.8) is 0 Å². The number of nitrogens with one attached hydrogen (secondary N) is 1. The first-order chi connectivity index (χ1) is 7.24. The molecule has 1 aromatic rings. The summed E-state index contributed by atoms with van der Waals surface area (Å²) in [5.41, 5.74) is 1.95. The van der Waals surface area contributed by atoms with Crippen LogP contribution in [0.15, 0.2) is 18.2 Å². The number of nitrogens with zero attached hydrogens (tertiary/aromatic N) is 1. The van der Waals surface area contributed by atoms with Crippen LogP contribution in [0, 0.1) is 5.82 Å². The molecule has 1 unspecified atom stereocenters. The number of likely N-dealkylation sites (N-methyl/N-ethyl adjacent to an activating group) is 1. The standard InChI is InChI=1S/C12H17FN2/c1-14-7-6-9-8-15(2)11-5-3-4-10(13)12(9)11/h3-5,9,14H,6-8H2,1-2H3. The van der Waals surface area contributed by atoms with Gasteiger partial charge in [-0.15, -0.1) is 0 Å². The number of benzene rings is 1. The Morgan fingerprint density at radius 1 is 1.53 bits per heavy atom. The molecule has 1 aliphatic heterocycles. The van der Waals surface area contributed by atoms with Gasteiger partial charge in [0, 0.05) is 30.8 Å². The number of halogens is 1. The average Bonchev–Trinajstić information content (AvgIpc) is 2.55. The second kappa shape index (κ2) is 4.19. The fourth-order valence-electron chi connectivity index (χ4n) is 2.34.